The van der Waals surface area contributed by atoms with Crippen molar-refractivity contribution in [1.29, 1.82) is 0 Å². The van der Waals surface area contributed by atoms with Crippen LogP contribution >= 0.6 is 0 Å². The Hall–Kier alpha value is -1.83. The van der Waals surface area contributed by atoms with Gasteiger partial charge in [-0.05, 0) is 12.1 Å². The van der Waals surface area contributed by atoms with Crippen LogP contribution in [0.3, 0.4) is 0 Å². The van der Waals surface area contributed by atoms with Crippen LogP contribution in [-0.4, -0.2) is 47.8 Å². The Morgan fingerprint density at radius 3 is 2.84 bits per heavy atom. The fourth-order valence-corrected chi connectivity index (χ4v) is 1.79. The Kier molecular flexibility index (Phi) is 3.61. The predicted molar refractivity (Wildman–Crippen MR) is 58.8 cm³/mol. The first-order valence-corrected chi connectivity index (χ1v) is 5.55. The van der Waals surface area contributed by atoms with Gasteiger partial charge in [-0.2, -0.15) is 13.2 Å². The second kappa shape index (κ2) is 5.04. The molecular formula is C11H11F3N2O3. The minimum Gasteiger partial charge on any atom is -0.365 e. The molecule has 0 bridgehead atoms. The third kappa shape index (κ3) is 2.95. The molecule has 2 heterocycles. The number of H-pyrrole nitrogens is 1. The molecule has 0 aromatic carbocycles. The summed E-state index contributed by atoms with van der Waals surface area (Å²) in [6.45, 7) is -0.781. The van der Waals surface area contributed by atoms with Gasteiger partial charge in [0.05, 0.1) is 13.2 Å². The highest BCUT2D eigenvalue weighted by molar-refractivity contribution is 5.93. The zero-order valence-corrected chi connectivity index (χ0v) is 9.74. The number of halogens is 3. The Morgan fingerprint density at radius 2 is 2.21 bits per heavy atom. The standard InChI is InChI=1S/C11H11F3N2O3/c12-11(13,14)8-6-16(4-5-19-8)10(18)7-2-1-3-15-9(7)17/h1-3,8H,4-6H2,(H,15,17)/t8-/m1/s1. The first-order valence-electron chi connectivity index (χ1n) is 5.55. The van der Waals surface area contributed by atoms with Crippen molar-refractivity contribution in [2.24, 2.45) is 0 Å². The molecule has 0 spiro atoms. The van der Waals surface area contributed by atoms with Crippen molar-refractivity contribution in [3.8, 4) is 0 Å². The normalized spacial score (nSPS) is 20.4. The molecule has 2 rings (SSSR count). The number of hydrogen-bond donors (Lipinski definition) is 1. The lowest BCUT2D eigenvalue weighted by Crippen LogP contribution is -2.51. The number of nitrogens with zero attached hydrogens (tertiary/aromatic N) is 1. The number of aromatic amines is 1. The average Bonchev–Trinajstić information content (AvgIpc) is 2.38. The second-order valence-corrected chi connectivity index (χ2v) is 4.07. The van der Waals surface area contributed by atoms with Gasteiger partial charge in [0.25, 0.3) is 11.5 Å². The van der Waals surface area contributed by atoms with E-state index in [1.54, 1.807) is 0 Å². The molecule has 1 N–H and O–H groups in total. The van der Waals surface area contributed by atoms with Gasteiger partial charge in [0.1, 0.15) is 5.56 Å². The molecule has 0 saturated carbocycles. The zero-order valence-electron chi connectivity index (χ0n) is 9.74. The van der Waals surface area contributed by atoms with Crippen LogP contribution in [0.2, 0.25) is 0 Å². The minimum absolute atomic E-state index is 0.0275. The fourth-order valence-electron chi connectivity index (χ4n) is 1.79. The number of hydrogen-bond acceptors (Lipinski definition) is 3. The Balaban J connectivity index is 2.16. The first-order chi connectivity index (χ1) is 8.89. The van der Waals surface area contributed by atoms with Gasteiger partial charge in [0.2, 0.25) is 0 Å². The van der Waals surface area contributed by atoms with Gasteiger partial charge in [-0.3, -0.25) is 9.59 Å². The molecule has 1 aromatic rings. The number of carbonyl (C=O) groups is 1. The number of amides is 1. The first kappa shape index (κ1) is 13.6. The van der Waals surface area contributed by atoms with E-state index in [-0.39, 0.29) is 18.7 Å². The Labute approximate surface area is 106 Å². The molecule has 1 atom stereocenters. The largest absolute Gasteiger partial charge is 0.416 e. The molecule has 1 fully saturated rings. The quantitative estimate of drug-likeness (QED) is 0.824. The van der Waals surface area contributed by atoms with E-state index in [9.17, 15) is 22.8 Å². The summed E-state index contributed by atoms with van der Waals surface area (Å²) in [7, 11) is 0. The van der Waals surface area contributed by atoms with Gasteiger partial charge >= 0.3 is 6.18 Å². The van der Waals surface area contributed by atoms with Crippen LogP contribution in [0.15, 0.2) is 23.1 Å². The average molecular weight is 276 g/mol. The van der Waals surface area contributed by atoms with Crippen molar-refractivity contribution >= 4 is 5.91 Å². The molecule has 1 amide bonds. The third-order valence-electron chi connectivity index (χ3n) is 2.77. The number of morpholine rings is 1. The summed E-state index contributed by atoms with van der Waals surface area (Å²) in [5, 5.41) is 0. The molecule has 0 radical (unpaired) electrons. The van der Waals surface area contributed by atoms with Crippen LogP contribution in [0, 0.1) is 0 Å². The highest BCUT2D eigenvalue weighted by atomic mass is 19.4. The summed E-state index contributed by atoms with van der Waals surface area (Å²) in [5.74, 6) is -0.723. The van der Waals surface area contributed by atoms with Gasteiger partial charge < -0.3 is 14.6 Å². The van der Waals surface area contributed by atoms with Crippen molar-refractivity contribution in [1.82, 2.24) is 9.88 Å². The number of nitrogens with one attached hydrogen (secondary N) is 1. The molecule has 0 aliphatic carbocycles. The molecule has 1 aromatic heterocycles. The number of aromatic nitrogens is 1. The molecule has 104 valence electrons. The minimum atomic E-state index is -4.53. The van der Waals surface area contributed by atoms with E-state index in [2.05, 4.69) is 9.72 Å². The van der Waals surface area contributed by atoms with Crippen molar-refractivity contribution in [3.63, 3.8) is 0 Å². The SMILES string of the molecule is O=C(c1ccc[nH]c1=O)N1CCO[C@@H](C(F)(F)F)C1. The van der Waals surface area contributed by atoms with Gasteiger partial charge in [-0.25, -0.2) is 0 Å². The monoisotopic (exact) mass is 276 g/mol. The number of pyridine rings is 1. The van der Waals surface area contributed by atoms with Gasteiger partial charge in [0.15, 0.2) is 6.10 Å². The van der Waals surface area contributed by atoms with Gasteiger partial charge in [0, 0.05) is 12.7 Å². The number of rotatable bonds is 1. The zero-order chi connectivity index (χ0) is 14.0. The Morgan fingerprint density at radius 1 is 1.47 bits per heavy atom. The van der Waals surface area contributed by atoms with Crippen LogP contribution in [0.25, 0.3) is 0 Å². The summed E-state index contributed by atoms with van der Waals surface area (Å²) < 4.78 is 42.2. The summed E-state index contributed by atoms with van der Waals surface area (Å²) >= 11 is 0. The molecule has 1 aliphatic heterocycles. The van der Waals surface area contributed by atoms with Crippen LogP contribution in [0.5, 0.6) is 0 Å². The molecular weight excluding hydrogens is 265 g/mol. The van der Waals surface area contributed by atoms with Gasteiger partial charge in [-0.1, -0.05) is 0 Å². The number of carbonyl (C=O) groups excluding carboxylic acids is 1. The number of alkyl halides is 3. The maximum Gasteiger partial charge on any atom is 0.416 e. The third-order valence-corrected chi connectivity index (χ3v) is 2.77. The topological polar surface area (TPSA) is 62.4 Å². The maximum absolute atomic E-state index is 12.5. The fraction of sp³-hybridized carbons (Fsp3) is 0.455. The number of ether oxygens (including phenoxy) is 1. The van der Waals surface area contributed by atoms with Crippen molar-refractivity contribution in [2.45, 2.75) is 12.3 Å². The molecule has 0 unspecified atom stereocenters. The van der Waals surface area contributed by atoms with Crippen molar-refractivity contribution in [3.05, 3.63) is 34.2 Å². The summed E-state index contributed by atoms with van der Waals surface area (Å²) in [4.78, 5) is 26.7. The molecule has 19 heavy (non-hydrogen) atoms. The summed E-state index contributed by atoms with van der Waals surface area (Å²) in [6.07, 6.45) is -5.19. The van der Waals surface area contributed by atoms with E-state index in [0.717, 1.165) is 4.90 Å². The smallest absolute Gasteiger partial charge is 0.365 e. The van der Waals surface area contributed by atoms with Gasteiger partial charge in [-0.15, -0.1) is 0 Å². The van der Waals surface area contributed by atoms with E-state index in [0.29, 0.717) is 0 Å². The van der Waals surface area contributed by atoms with E-state index >= 15 is 0 Å². The van der Waals surface area contributed by atoms with E-state index in [4.69, 9.17) is 0 Å². The lowest BCUT2D eigenvalue weighted by Gasteiger charge is -2.33. The highest BCUT2D eigenvalue weighted by Gasteiger charge is 2.44. The van der Waals surface area contributed by atoms with Crippen molar-refractivity contribution in [2.75, 3.05) is 19.7 Å². The Bertz CT molecular complexity index is 526. The van der Waals surface area contributed by atoms with E-state index in [1.165, 1.54) is 18.3 Å². The van der Waals surface area contributed by atoms with Crippen LogP contribution in [0.4, 0.5) is 13.2 Å². The molecule has 5 nitrogen and oxygen atoms in total. The summed E-state index contributed by atoms with van der Waals surface area (Å²) in [6, 6.07) is 2.72. The van der Waals surface area contributed by atoms with Crippen LogP contribution in [0.1, 0.15) is 10.4 Å². The molecule has 1 saturated heterocycles. The lowest BCUT2D eigenvalue weighted by atomic mass is 10.2. The second-order valence-electron chi connectivity index (χ2n) is 4.07. The predicted octanol–water partition coefficient (Wildman–Crippen LogP) is 0.778. The van der Waals surface area contributed by atoms with E-state index in [1.807, 2.05) is 0 Å². The van der Waals surface area contributed by atoms with Crippen molar-refractivity contribution < 1.29 is 22.7 Å². The summed E-state index contributed by atoms with van der Waals surface area (Å²) in [5.41, 5.74) is -0.798. The lowest BCUT2D eigenvalue weighted by molar-refractivity contribution is -0.233. The molecule has 8 heteroatoms. The van der Waals surface area contributed by atoms with Crippen LogP contribution < -0.4 is 5.56 Å². The highest BCUT2D eigenvalue weighted by Crippen LogP contribution is 2.26. The molecule has 1 aliphatic rings. The van der Waals surface area contributed by atoms with E-state index < -0.39 is 30.3 Å². The van der Waals surface area contributed by atoms with Crippen LogP contribution in [-0.2, 0) is 4.74 Å². The maximum atomic E-state index is 12.5.